The Morgan fingerprint density at radius 2 is 1.89 bits per heavy atom. The number of ether oxygens (including phenoxy) is 1. The first-order valence-electron chi connectivity index (χ1n) is 6.64. The SMILES string of the molecule is Cc1ccc(C(O)C2COc3ccccc32)cc1C. The number of para-hydroxylation sites is 1. The lowest BCUT2D eigenvalue weighted by Gasteiger charge is -2.18. The molecule has 98 valence electrons. The maximum absolute atomic E-state index is 10.6. The van der Waals surface area contributed by atoms with Crippen molar-refractivity contribution in [2.75, 3.05) is 6.61 Å². The first kappa shape index (κ1) is 12.2. The zero-order valence-corrected chi connectivity index (χ0v) is 11.3. The molecule has 0 bridgehead atoms. The Kier molecular flexibility index (Phi) is 3.03. The Morgan fingerprint density at radius 1 is 1.11 bits per heavy atom. The Balaban J connectivity index is 1.93. The van der Waals surface area contributed by atoms with Crippen LogP contribution in [0.3, 0.4) is 0 Å². The molecule has 1 aliphatic rings. The molecule has 1 aliphatic heterocycles. The molecule has 1 heterocycles. The summed E-state index contributed by atoms with van der Waals surface area (Å²) < 4.78 is 5.65. The Hall–Kier alpha value is -1.80. The Bertz CT molecular complexity index is 604. The van der Waals surface area contributed by atoms with Crippen LogP contribution >= 0.6 is 0 Å². The summed E-state index contributed by atoms with van der Waals surface area (Å²) in [7, 11) is 0. The van der Waals surface area contributed by atoms with Crippen LogP contribution in [-0.4, -0.2) is 11.7 Å². The van der Waals surface area contributed by atoms with Gasteiger partial charge in [0, 0.05) is 5.56 Å². The molecule has 2 nitrogen and oxygen atoms in total. The third kappa shape index (κ3) is 2.13. The van der Waals surface area contributed by atoms with Crippen LogP contribution in [0.2, 0.25) is 0 Å². The van der Waals surface area contributed by atoms with E-state index in [1.807, 2.05) is 30.3 Å². The van der Waals surface area contributed by atoms with Crippen LogP contribution < -0.4 is 4.74 Å². The molecule has 0 aromatic heterocycles. The third-order valence-corrected chi connectivity index (χ3v) is 3.99. The highest BCUT2D eigenvalue weighted by molar-refractivity contribution is 5.42. The summed E-state index contributed by atoms with van der Waals surface area (Å²) in [5.74, 6) is 0.925. The molecule has 2 aromatic rings. The minimum Gasteiger partial charge on any atom is -0.493 e. The van der Waals surface area contributed by atoms with E-state index in [2.05, 4.69) is 26.0 Å². The fraction of sp³-hybridized carbons (Fsp3) is 0.294. The van der Waals surface area contributed by atoms with Gasteiger partial charge in [0.25, 0.3) is 0 Å². The zero-order valence-electron chi connectivity index (χ0n) is 11.3. The van der Waals surface area contributed by atoms with Crippen molar-refractivity contribution in [2.45, 2.75) is 25.9 Å². The molecule has 2 atom stereocenters. The average Bonchev–Trinajstić information content (AvgIpc) is 2.85. The van der Waals surface area contributed by atoms with Crippen LogP contribution in [0, 0.1) is 13.8 Å². The molecule has 0 radical (unpaired) electrons. The Morgan fingerprint density at radius 3 is 2.68 bits per heavy atom. The summed E-state index contributed by atoms with van der Waals surface area (Å²) in [6, 6.07) is 14.1. The van der Waals surface area contributed by atoms with E-state index in [4.69, 9.17) is 4.74 Å². The van der Waals surface area contributed by atoms with Gasteiger partial charge in [-0.15, -0.1) is 0 Å². The van der Waals surface area contributed by atoms with E-state index in [-0.39, 0.29) is 5.92 Å². The van der Waals surface area contributed by atoms with Gasteiger partial charge in [-0.3, -0.25) is 0 Å². The second-order valence-corrected chi connectivity index (χ2v) is 5.24. The van der Waals surface area contributed by atoms with Crippen molar-refractivity contribution < 1.29 is 9.84 Å². The van der Waals surface area contributed by atoms with E-state index < -0.39 is 6.10 Å². The summed E-state index contributed by atoms with van der Waals surface area (Å²) in [4.78, 5) is 0. The van der Waals surface area contributed by atoms with Gasteiger partial charge < -0.3 is 9.84 Å². The first-order valence-corrected chi connectivity index (χ1v) is 6.64. The van der Waals surface area contributed by atoms with Crippen LogP contribution in [0.1, 0.15) is 34.3 Å². The number of benzene rings is 2. The summed E-state index contributed by atoms with van der Waals surface area (Å²) in [5.41, 5.74) is 4.53. The molecule has 2 heteroatoms. The van der Waals surface area contributed by atoms with Crippen molar-refractivity contribution in [3.05, 3.63) is 64.7 Å². The molecule has 2 aromatic carbocycles. The van der Waals surface area contributed by atoms with Crippen LogP contribution in [-0.2, 0) is 0 Å². The van der Waals surface area contributed by atoms with Crippen LogP contribution in [0.15, 0.2) is 42.5 Å². The van der Waals surface area contributed by atoms with Crippen molar-refractivity contribution in [3.8, 4) is 5.75 Å². The number of aryl methyl sites for hydroxylation is 2. The van der Waals surface area contributed by atoms with Gasteiger partial charge in [0.2, 0.25) is 0 Å². The predicted octanol–water partition coefficient (Wildman–Crippen LogP) is 3.51. The molecule has 2 unspecified atom stereocenters. The van der Waals surface area contributed by atoms with E-state index in [1.54, 1.807) is 0 Å². The smallest absolute Gasteiger partial charge is 0.123 e. The van der Waals surface area contributed by atoms with Crippen LogP contribution in [0.25, 0.3) is 0 Å². The monoisotopic (exact) mass is 254 g/mol. The fourth-order valence-corrected chi connectivity index (χ4v) is 2.63. The van der Waals surface area contributed by atoms with Gasteiger partial charge in [-0.2, -0.15) is 0 Å². The van der Waals surface area contributed by atoms with Crippen LogP contribution in [0.4, 0.5) is 0 Å². The third-order valence-electron chi connectivity index (χ3n) is 3.99. The molecular formula is C17H18O2. The van der Waals surface area contributed by atoms with E-state index in [0.717, 1.165) is 16.9 Å². The molecule has 0 amide bonds. The van der Waals surface area contributed by atoms with Crippen molar-refractivity contribution in [1.29, 1.82) is 0 Å². The van der Waals surface area contributed by atoms with Crippen molar-refractivity contribution in [1.82, 2.24) is 0 Å². The van der Waals surface area contributed by atoms with Gasteiger partial charge >= 0.3 is 0 Å². The first-order chi connectivity index (χ1) is 9.16. The Labute approximate surface area is 113 Å². The minimum atomic E-state index is -0.511. The number of hydrogen-bond donors (Lipinski definition) is 1. The molecule has 3 rings (SSSR count). The van der Waals surface area contributed by atoms with Gasteiger partial charge in [-0.05, 0) is 36.6 Å². The van der Waals surface area contributed by atoms with Gasteiger partial charge in [-0.25, -0.2) is 0 Å². The number of fused-ring (bicyclic) bond motifs is 1. The molecule has 0 aliphatic carbocycles. The second-order valence-electron chi connectivity index (χ2n) is 5.24. The van der Waals surface area contributed by atoms with E-state index >= 15 is 0 Å². The highest BCUT2D eigenvalue weighted by atomic mass is 16.5. The lowest BCUT2D eigenvalue weighted by Crippen LogP contribution is -2.12. The predicted molar refractivity (Wildman–Crippen MR) is 75.6 cm³/mol. The number of aliphatic hydroxyl groups excluding tert-OH is 1. The molecule has 0 fully saturated rings. The van der Waals surface area contributed by atoms with E-state index in [1.165, 1.54) is 11.1 Å². The standard InChI is InChI=1S/C17H18O2/c1-11-7-8-13(9-12(11)2)17(18)15-10-19-16-6-4-3-5-14(15)16/h3-9,15,17-18H,10H2,1-2H3. The van der Waals surface area contributed by atoms with Crippen molar-refractivity contribution >= 4 is 0 Å². The average molecular weight is 254 g/mol. The molecule has 0 saturated heterocycles. The quantitative estimate of drug-likeness (QED) is 0.888. The minimum absolute atomic E-state index is 0.0262. The van der Waals surface area contributed by atoms with Crippen molar-refractivity contribution in [3.63, 3.8) is 0 Å². The largest absolute Gasteiger partial charge is 0.493 e. The summed E-state index contributed by atoms with van der Waals surface area (Å²) in [6.07, 6.45) is -0.511. The number of hydrogen-bond acceptors (Lipinski definition) is 2. The van der Waals surface area contributed by atoms with E-state index in [9.17, 15) is 5.11 Å². The highest BCUT2D eigenvalue weighted by Gasteiger charge is 2.30. The molecule has 0 spiro atoms. The number of aliphatic hydroxyl groups is 1. The molecule has 0 saturated carbocycles. The summed E-state index contributed by atoms with van der Waals surface area (Å²) in [5, 5.41) is 10.6. The molecule has 1 N–H and O–H groups in total. The maximum atomic E-state index is 10.6. The summed E-state index contributed by atoms with van der Waals surface area (Å²) >= 11 is 0. The van der Waals surface area contributed by atoms with Gasteiger partial charge in [0.1, 0.15) is 5.75 Å². The highest BCUT2D eigenvalue weighted by Crippen LogP contribution is 2.41. The summed E-state index contributed by atoms with van der Waals surface area (Å²) in [6.45, 7) is 4.71. The maximum Gasteiger partial charge on any atom is 0.123 e. The van der Waals surface area contributed by atoms with Gasteiger partial charge in [0.15, 0.2) is 0 Å². The molecule has 19 heavy (non-hydrogen) atoms. The fourth-order valence-electron chi connectivity index (χ4n) is 2.63. The van der Waals surface area contributed by atoms with E-state index in [0.29, 0.717) is 6.61 Å². The lowest BCUT2D eigenvalue weighted by atomic mass is 9.89. The van der Waals surface area contributed by atoms with Gasteiger partial charge in [0.05, 0.1) is 18.6 Å². The molecular weight excluding hydrogens is 236 g/mol. The van der Waals surface area contributed by atoms with Gasteiger partial charge in [-0.1, -0.05) is 36.4 Å². The lowest BCUT2D eigenvalue weighted by molar-refractivity contribution is 0.130. The topological polar surface area (TPSA) is 29.5 Å². The normalized spacial score (nSPS) is 18.8. The number of rotatable bonds is 2. The van der Waals surface area contributed by atoms with Crippen LogP contribution in [0.5, 0.6) is 5.75 Å². The van der Waals surface area contributed by atoms with Crippen molar-refractivity contribution in [2.24, 2.45) is 0 Å². The second kappa shape index (κ2) is 4.71. The zero-order chi connectivity index (χ0) is 13.4.